The zero-order valence-electron chi connectivity index (χ0n) is 16.5. The van der Waals surface area contributed by atoms with E-state index < -0.39 is 0 Å². The van der Waals surface area contributed by atoms with Crippen LogP contribution in [-0.4, -0.2) is 49.6 Å². The number of benzene rings is 1. The van der Waals surface area contributed by atoms with Crippen LogP contribution < -0.4 is 15.4 Å². The number of rotatable bonds is 7. The van der Waals surface area contributed by atoms with Crippen LogP contribution in [0.5, 0.6) is 5.75 Å². The molecule has 5 heteroatoms. The van der Waals surface area contributed by atoms with Crippen molar-refractivity contribution in [3.63, 3.8) is 0 Å². The third-order valence-corrected chi connectivity index (χ3v) is 6.60. The topological polar surface area (TPSA) is 53.6 Å². The minimum atomic E-state index is 0.216. The van der Waals surface area contributed by atoms with Gasteiger partial charge in [-0.05, 0) is 75.2 Å². The Bertz CT molecular complexity index is 632. The maximum atomic E-state index is 12.6. The lowest BCUT2D eigenvalue weighted by molar-refractivity contribution is -0.122. The number of ether oxygens (including phenoxy) is 1. The molecule has 3 saturated heterocycles. The molecular formula is C22H33N3O2. The Balaban J connectivity index is 1.35. The van der Waals surface area contributed by atoms with Gasteiger partial charge >= 0.3 is 0 Å². The van der Waals surface area contributed by atoms with E-state index in [1.807, 2.05) is 12.1 Å². The second kappa shape index (κ2) is 8.61. The third kappa shape index (κ3) is 4.64. The first kappa shape index (κ1) is 18.8. The number of carbonyl (C=O) groups is 1. The Morgan fingerprint density at radius 3 is 2.70 bits per heavy atom. The first-order valence-electron chi connectivity index (χ1n) is 10.6. The van der Waals surface area contributed by atoms with Gasteiger partial charge in [0.05, 0.1) is 13.2 Å². The molecule has 4 rings (SSSR count). The van der Waals surface area contributed by atoms with Crippen LogP contribution in [0, 0.1) is 5.92 Å². The fourth-order valence-corrected chi connectivity index (χ4v) is 5.25. The first-order valence-corrected chi connectivity index (χ1v) is 10.6. The van der Waals surface area contributed by atoms with Crippen LogP contribution in [0.25, 0.3) is 0 Å². The molecule has 3 aliphatic rings. The van der Waals surface area contributed by atoms with E-state index in [9.17, 15) is 4.79 Å². The zero-order valence-corrected chi connectivity index (χ0v) is 16.5. The summed E-state index contributed by atoms with van der Waals surface area (Å²) in [4.78, 5) is 15.1. The van der Waals surface area contributed by atoms with Gasteiger partial charge in [-0.3, -0.25) is 9.69 Å². The van der Waals surface area contributed by atoms with Crippen molar-refractivity contribution >= 4 is 5.91 Å². The molecule has 5 nitrogen and oxygen atoms in total. The number of carbonyl (C=O) groups excluding carboxylic acids is 1. The number of nitrogens with one attached hydrogen (secondary N) is 2. The monoisotopic (exact) mass is 371 g/mol. The predicted molar refractivity (Wildman–Crippen MR) is 107 cm³/mol. The van der Waals surface area contributed by atoms with Crippen LogP contribution in [0.15, 0.2) is 24.3 Å². The largest absolute Gasteiger partial charge is 0.497 e. The van der Waals surface area contributed by atoms with Gasteiger partial charge in [-0.15, -0.1) is 0 Å². The molecule has 0 spiro atoms. The smallest absolute Gasteiger partial charge is 0.220 e. The van der Waals surface area contributed by atoms with Crippen LogP contribution >= 0.6 is 0 Å². The van der Waals surface area contributed by atoms with Crippen molar-refractivity contribution in [2.24, 2.45) is 5.92 Å². The third-order valence-electron chi connectivity index (χ3n) is 6.60. The van der Waals surface area contributed by atoms with Crippen LogP contribution in [0.3, 0.4) is 0 Å². The van der Waals surface area contributed by atoms with Crippen LogP contribution in [0.4, 0.5) is 0 Å². The number of likely N-dealkylation sites (tertiary alicyclic amines) is 1. The molecule has 0 aromatic heterocycles. The van der Waals surface area contributed by atoms with Gasteiger partial charge < -0.3 is 15.4 Å². The second-order valence-electron chi connectivity index (χ2n) is 8.52. The molecule has 27 heavy (non-hydrogen) atoms. The van der Waals surface area contributed by atoms with Gasteiger partial charge in [0.15, 0.2) is 0 Å². The van der Waals surface area contributed by atoms with Gasteiger partial charge in [0, 0.05) is 25.0 Å². The molecule has 2 N–H and O–H groups in total. The summed E-state index contributed by atoms with van der Waals surface area (Å²) in [6, 6.07) is 9.82. The highest BCUT2D eigenvalue weighted by Crippen LogP contribution is 2.33. The normalized spacial score (nSPS) is 28.9. The molecule has 0 aliphatic carbocycles. The number of methoxy groups -OCH3 is 1. The van der Waals surface area contributed by atoms with Crippen molar-refractivity contribution in [1.82, 2.24) is 15.5 Å². The number of hydrogen-bond acceptors (Lipinski definition) is 4. The number of amides is 1. The SMILES string of the molecule is COc1cccc(C(CNC(=O)CC2CC3CCC(C2)N3)N2CCCC2)c1. The van der Waals surface area contributed by atoms with E-state index in [0.717, 1.165) is 31.7 Å². The second-order valence-corrected chi connectivity index (χ2v) is 8.52. The van der Waals surface area contributed by atoms with E-state index in [2.05, 4.69) is 27.7 Å². The number of fused-ring (bicyclic) bond motifs is 2. The lowest BCUT2D eigenvalue weighted by Gasteiger charge is -2.30. The summed E-state index contributed by atoms with van der Waals surface area (Å²) in [5.41, 5.74) is 1.23. The maximum absolute atomic E-state index is 12.6. The minimum Gasteiger partial charge on any atom is -0.497 e. The van der Waals surface area contributed by atoms with E-state index in [-0.39, 0.29) is 11.9 Å². The average Bonchev–Trinajstić information content (AvgIpc) is 3.32. The average molecular weight is 372 g/mol. The highest BCUT2D eigenvalue weighted by Gasteiger charge is 2.34. The van der Waals surface area contributed by atoms with Gasteiger partial charge in [0.25, 0.3) is 0 Å². The van der Waals surface area contributed by atoms with Crippen LogP contribution in [0.1, 0.15) is 56.6 Å². The van der Waals surface area contributed by atoms with Gasteiger partial charge in [-0.2, -0.15) is 0 Å². The maximum Gasteiger partial charge on any atom is 0.220 e. The van der Waals surface area contributed by atoms with E-state index in [4.69, 9.17) is 4.74 Å². The van der Waals surface area contributed by atoms with Crippen molar-refractivity contribution in [1.29, 1.82) is 0 Å². The van der Waals surface area contributed by atoms with E-state index in [0.29, 0.717) is 31.0 Å². The summed E-state index contributed by atoms with van der Waals surface area (Å²) in [5.74, 6) is 1.65. The predicted octanol–water partition coefficient (Wildman–Crippen LogP) is 2.87. The minimum absolute atomic E-state index is 0.216. The fraction of sp³-hybridized carbons (Fsp3) is 0.682. The molecule has 3 atom stereocenters. The van der Waals surface area contributed by atoms with Gasteiger partial charge in [-0.1, -0.05) is 12.1 Å². The first-order chi connectivity index (χ1) is 13.2. The highest BCUT2D eigenvalue weighted by atomic mass is 16.5. The van der Waals surface area contributed by atoms with Crippen molar-refractivity contribution in [2.75, 3.05) is 26.7 Å². The van der Waals surface area contributed by atoms with Gasteiger partial charge in [0.2, 0.25) is 5.91 Å². The Morgan fingerprint density at radius 2 is 2.00 bits per heavy atom. The molecular weight excluding hydrogens is 338 g/mol. The van der Waals surface area contributed by atoms with Crippen molar-refractivity contribution in [2.45, 2.75) is 63.1 Å². The van der Waals surface area contributed by atoms with E-state index >= 15 is 0 Å². The van der Waals surface area contributed by atoms with Crippen molar-refractivity contribution in [3.05, 3.63) is 29.8 Å². The van der Waals surface area contributed by atoms with Gasteiger partial charge in [-0.25, -0.2) is 0 Å². The fourth-order valence-electron chi connectivity index (χ4n) is 5.25. The molecule has 1 aromatic rings. The standard InChI is InChI=1S/C22H33N3O2/c1-27-20-6-4-5-17(14-20)21(25-9-2-3-10-25)15-23-22(26)13-16-11-18-7-8-19(12-16)24-18/h4-6,14,16,18-19,21,24H,2-3,7-13,15H2,1H3,(H,23,26). The van der Waals surface area contributed by atoms with Crippen LogP contribution in [0.2, 0.25) is 0 Å². The van der Waals surface area contributed by atoms with Crippen LogP contribution in [-0.2, 0) is 4.79 Å². The van der Waals surface area contributed by atoms with Crippen molar-refractivity contribution < 1.29 is 9.53 Å². The molecule has 3 aliphatic heterocycles. The molecule has 3 heterocycles. The molecule has 1 amide bonds. The summed E-state index contributed by atoms with van der Waals surface area (Å²) < 4.78 is 5.41. The van der Waals surface area contributed by atoms with Gasteiger partial charge in [0.1, 0.15) is 5.75 Å². The summed E-state index contributed by atoms with van der Waals surface area (Å²) in [6.45, 7) is 2.90. The zero-order chi connectivity index (χ0) is 18.6. The lowest BCUT2D eigenvalue weighted by atomic mass is 9.89. The van der Waals surface area contributed by atoms with E-state index in [1.165, 1.54) is 31.2 Å². The molecule has 2 bridgehead atoms. The molecule has 3 unspecified atom stereocenters. The molecule has 0 radical (unpaired) electrons. The molecule has 0 saturated carbocycles. The summed E-state index contributed by atoms with van der Waals surface area (Å²) in [5, 5.41) is 6.91. The molecule has 3 fully saturated rings. The quantitative estimate of drug-likeness (QED) is 0.774. The number of hydrogen-bond donors (Lipinski definition) is 2. The molecule has 1 aromatic carbocycles. The lowest BCUT2D eigenvalue weighted by Crippen LogP contribution is -2.41. The van der Waals surface area contributed by atoms with E-state index in [1.54, 1.807) is 7.11 Å². The van der Waals surface area contributed by atoms with Crippen molar-refractivity contribution in [3.8, 4) is 5.75 Å². The Labute approximate surface area is 162 Å². The highest BCUT2D eigenvalue weighted by molar-refractivity contribution is 5.76. The summed E-state index contributed by atoms with van der Waals surface area (Å²) in [7, 11) is 1.71. The number of nitrogens with zero attached hydrogens (tertiary/aromatic N) is 1. The number of piperidine rings is 1. The Morgan fingerprint density at radius 1 is 1.26 bits per heavy atom. The summed E-state index contributed by atoms with van der Waals surface area (Å²) in [6.07, 6.45) is 8.06. The summed E-state index contributed by atoms with van der Waals surface area (Å²) >= 11 is 0. The Kier molecular flexibility index (Phi) is 5.98. The molecule has 148 valence electrons. The Hall–Kier alpha value is -1.59.